The number of hydrogen-bond donors (Lipinski definition) is 1. The minimum atomic E-state index is -0.953. The Balaban J connectivity index is 0.000000529. The second-order valence-electron chi connectivity index (χ2n) is 9.63. The highest BCUT2D eigenvalue weighted by Gasteiger charge is 2.31. The number of ether oxygens (including phenoxy) is 1. The smallest absolute Gasteiger partial charge is 0.435 e. The van der Waals surface area contributed by atoms with E-state index in [0.29, 0.717) is 12.6 Å². The van der Waals surface area contributed by atoms with Crippen molar-refractivity contribution in [2.24, 2.45) is 0 Å². The van der Waals surface area contributed by atoms with Crippen LogP contribution in [0.3, 0.4) is 0 Å². The molecule has 1 unspecified atom stereocenters. The Kier molecular flexibility index (Phi) is 19.0. The van der Waals surface area contributed by atoms with Gasteiger partial charge >= 0.3 is 12.1 Å². The molecule has 232 valence electrons. The second-order valence-corrected chi connectivity index (χ2v) is 9.63. The van der Waals surface area contributed by atoms with Gasteiger partial charge in [0.2, 0.25) is 0 Å². The molecular weight excluding hydrogens is 550 g/mol. The molecule has 0 heterocycles. The minimum Gasteiger partial charge on any atom is -0.481 e. The van der Waals surface area contributed by atoms with Gasteiger partial charge in [0.1, 0.15) is 32.0 Å². The van der Waals surface area contributed by atoms with Gasteiger partial charge in [-0.1, -0.05) is 102 Å². The summed E-state index contributed by atoms with van der Waals surface area (Å²) < 4.78 is 5.29. The van der Waals surface area contributed by atoms with Gasteiger partial charge in [0, 0.05) is 13.1 Å². The number of carbonyl (C=O) groups is 4. The molecule has 0 fully saturated rings. The molecule has 1 amide bonds. The van der Waals surface area contributed by atoms with Crippen LogP contribution in [0.1, 0.15) is 23.1 Å². The average Bonchev–Trinajstić information content (AvgIpc) is 3.00. The Hall–Kier alpha value is -4.38. The normalized spacial score (nSPS) is 10.8. The molecular formula is C33H43N3O7. The Labute approximate surface area is 254 Å². The van der Waals surface area contributed by atoms with Gasteiger partial charge in [0.25, 0.3) is 0 Å². The summed E-state index contributed by atoms with van der Waals surface area (Å²) in [6.45, 7) is 4.16. The summed E-state index contributed by atoms with van der Waals surface area (Å²) >= 11 is 0. The lowest BCUT2D eigenvalue weighted by atomic mass is 10.2. The molecule has 0 aliphatic carbocycles. The summed E-state index contributed by atoms with van der Waals surface area (Å²) in [6, 6.07) is 29.6. The molecule has 0 aromatic heterocycles. The van der Waals surface area contributed by atoms with Crippen LogP contribution < -0.4 is 0 Å². The predicted octanol–water partition coefficient (Wildman–Crippen LogP) is 4.61. The molecule has 0 radical (unpaired) electrons. The van der Waals surface area contributed by atoms with E-state index in [1.807, 2.05) is 54.6 Å². The third kappa shape index (κ3) is 17.2. The first kappa shape index (κ1) is 36.6. The first-order valence-electron chi connectivity index (χ1n) is 13.8. The number of amides is 1. The first-order valence-corrected chi connectivity index (χ1v) is 13.8. The summed E-state index contributed by atoms with van der Waals surface area (Å²) in [4.78, 5) is 53.7. The standard InChI is InChI=1S/C19H27N3O7.2C7H8/c1-20(9-8-18(25)26)14-17(21(2)10-11-23)22(29-13-12-24)19(27)28-15-16-6-4-3-5-7-16;2*1-7-5-3-2-4-6-7/h3-7,11-12,17H,8-10,13-15H2,1-2H3,(H,25,26);2*2-6H,1H3. The van der Waals surface area contributed by atoms with Crippen molar-refractivity contribution in [1.82, 2.24) is 14.9 Å². The Morgan fingerprint density at radius 2 is 1.33 bits per heavy atom. The molecule has 0 saturated heterocycles. The van der Waals surface area contributed by atoms with E-state index < -0.39 is 18.2 Å². The molecule has 3 aromatic carbocycles. The number of hydrogen-bond acceptors (Lipinski definition) is 8. The quantitative estimate of drug-likeness (QED) is 0.162. The molecule has 1 N–H and O–H groups in total. The third-order valence-electron chi connectivity index (χ3n) is 5.87. The number of aliphatic carboxylic acids is 1. The van der Waals surface area contributed by atoms with E-state index in [-0.39, 0.29) is 39.3 Å². The van der Waals surface area contributed by atoms with E-state index in [2.05, 4.69) is 38.1 Å². The summed E-state index contributed by atoms with van der Waals surface area (Å²) in [7, 11) is 3.28. The zero-order valence-electron chi connectivity index (χ0n) is 25.4. The minimum absolute atomic E-state index is 0.000406. The predicted molar refractivity (Wildman–Crippen MR) is 165 cm³/mol. The highest BCUT2D eigenvalue weighted by Crippen LogP contribution is 2.12. The molecule has 3 aromatic rings. The maximum Gasteiger partial charge on any atom is 0.435 e. The van der Waals surface area contributed by atoms with Crippen molar-refractivity contribution in [1.29, 1.82) is 0 Å². The summed E-state index contributed by atoms with van der Waals surface area (Å²) in [5, 5.41) is 9.75. The Morgan fingerprint density at radius 3 is 1.74 bits per heavy atom. The fourth-order valence-electron chi connectivity index (χ4n) is 3.51. The molecule has 0 saturated carbocycles. The molecule has 3 rings (SSSR count). The zero-order valence-corrected chi connectivity index (χ0v) is 25.4. The van der Waals surface area contributed by atoms with Crippen molar-refractivity contribution in [3.05, 3.63) is 108 Å². The Bertz CT molecular complexity index is 1140. The number of likely N-dealkylation sites (N-methyl/N-ethyl adjacent to an activating group) is 2. The monoisotopic (exact) mass is 593 g/mol. The zero-order chi connectivity index (χ0) is 31.9. The lowest BCUT2D eigenvalue weighted by Gasteiger charge is -2.36. The van der Waals surface area contributed by atoms with E-state index in [9.17, 15) is 19.2 Å². The number of benzene rings is 3. The summed E-state index contributed by atoms with van der Waals surface area (Å²) in [5.41, 5.74) is 3.41. The van der Waals surface area contributed by atoms with Gasteiger partial charge < -0.3 is 24.3 Å². The van der Waals surface area contributed by atoms with Crippen molar-refractivity contribution in [2.45, 2.75) is 33.0 Å². The first-order chi connectivity index (χ1) is 20.7. The topological polar surface area (TPSA) is 117 Å². The summed E-state index contributed by atoms with van der Waals surface area (Å²) in [5.74, 6) is -0.953. The van der Waals surface area contributed by atoms with Crippen LogP contribution in [0.25, 0.3) is 0 Å². The van der Waals surface area contributed by atoms with E-state index in [4.69, 9.17) is 14.7 Å². The molecule has 43 heavy (non-hydrogen) atoms. The number of carboxylic acids is 1. The van der Waals surface area contributed by atoms with E-state index in [1.165, 1.54) is 11.1 Å². The van der Waals surface area contributed by atoms with Crippen molar-refractivity contribution in [2.75, 3.05) is 40.3 Å². The number of nitrogens with zero attached hydrogens (tertiary/aromatic N) is 3. The molecule has 0 spiro atoms. The summed E-state index contributed by atoms with van der Waals surface area (Å²) in [6.07, 6.45) is -0.555. The van der Waals surface area contributed by atoms with Gasteiger partial charge in [-0.15, -0.1) is 0 Å². The van der Waals surface area contributed by atoms with Gasteiger partial charge in [-0.2, -0.15) is 5.06 Å². The molecule has 0 aliphatic rings. The van der Waals surface area contributed by atoms with Crippen LogP contribution in [0.5, 0.6) is 0 Å². The Morgan fingerprint density at radius 1 is 0.814 bits per heavy atom. The van der Waals surface area contributed by atoms with Crippen molar-refractivity contribution in [3.63, 3.8) is 0 Å². The maximum absolute atomic E-state index is 12.7. The van der Waals surface area contributed by atoms with Crippen molar-refractivity contribution in [3.8, 4) is 0 Å². The second kappa shape index (κ2) is 22.2. The van der Waals surface area contributed by atoms with E-state index in [0.717, 1.165) is 10.6 Å². The van der Waals surface area contributed by atoms with Crippen LogP contribution in [-0.4, -0.2) is 91.1 Å². The number of hydroxylamine groups is 2. The fourth-order valence-corrected chi connectivity index (χ4v) is 3.51. The molecule has 10 heteroatoms. The van der Waals surface area contributed by atoms with Gasteiger partial charge in [-0.05, 0) is 33.5 Å². The van der Waals surface area contributed by atoms with Crippen LogP contribution in [0.2, 0.25) is 0 Å². The van der Waals surface area contributed by atoms with Crippen molar-refractivity contribution < 1.29 is 33.9 Å². The SMILES string of the molecule is CN(CCC(=O)O)CC(N(C)CC=O)N(OCC=O)C(=O)OCc1ccccc1.Cc1ccccc1.Cc1ccccc1. The van der Waals surface area contributed by atoms with Gasteiger partial charge in [0.05, 0.1) is 13.0 Å². The van der Waals surface area contributed by atoms with E-state index in [1.54, 1.807) is 36.0 Å². The van der Waals surface area contributed by atoms with Gasteiger partial charge in [-0.3, -0.25) is 14.5 Å². The highest BCUT2D eigenvalue weighted by atomic mass is 16.7. The lowest BCUT2D eigenvalue weighted by molar-refractivity contribution is -0.192. The average molecular weight is 594 g/mol. The number of carbonyl (C=O) groups excluding carboxylic acids is 3. The fraction of sp³-hybridized carbons (Fsp3) is 0.333. The number of aryl methyl sites for hydroxylation is 2. The molecule has 10 nitrogen and oxygen atoms in total. The van der Waals surface area contributed by atoms with Crippen LogP contribution in [0.4, 0.5) is 4.79 Å². The number of aldehydes is 2. The number of rotatable bonds is 14. The number of carboxylic acid groups (broad SMARTS) is 1. The highest BCUT2D eigenvalue weighted by molar-refractivity contribution is 5.67. The largest absolute Gasteiger partial charge is 0.481 e. The molecule has 1 atom stereocenters. The lowest BCUT2D eigenvalue weighted by Crippen LogP contribution is -2.55. The molecule has 0 bridgehead atoms. The van der Waals surface area contributed by atoms with E-state index >= 15 is 0 Å². The van der Waals surface area contributed by atoms with Crippen LogP contribution >= 0.6 is 0 Å². The molecule has 0 aliphatic heterocycles. The van der Waals surface area contributed by atoms with Crippen LogP contribution in [0.15, 0.2) is 91.0 Å². The van der Waals surface area contributed by atoms with Gasteiger partial charge in [-0.25, -0.2) is 4.79 Å². The van der Waals surface area contributed by atoms with Crippen molar-refractivity contribution >= 4 is 24.6 Å². The third-order valence-corrected chi connectivity index (χ3v) is 5.87. The maximum atomic E-state index is 12.7. The van der Waals surface area contributed by atoms with Crippen LogP contribution in [0, 0.1) is 13.8 Å². The van der Waals surface area contributed by atoms with Gasteiger partial charge in [0.15, 0.2) is 0 Å². The van der Waals surface area contributed by atoms with Crippen LogP contribution in [-0.2, 0) is 30.6 Å².